The molecule has 0 aliphatic heterocycles. The maximum atomic E-state index is 12.0. The lowest BCUT2D eigenvalue weighted by atomic mass is 10.2. The number of ether oxygens (including phenoxy) is 1. The Morgan fingerprint density at radius 1 is 1.45 bits per heavy atom. The van der Waals surface area contributed by atoms with Crippen LogP contribution in [0, 0.1) is 3.57 Å². The summed E-state index contributed by atoms with van der Waals surface area (Å²) in [5.74, 6) is -1.38. The molecule has 0 fully saturated rings. The molecule has 8 heteroatoms. The summed E-state index contributed by atoms with van der Waals surface area (Å²) in [6, 6.07) is 3.05. The summed E-state index contributed by atoms with van der Waals surface area (Å²) in [5.41, 5.74) is 0.341. The van der Waals surface area contributed by atoms with Gasteiger partial charge in [-0.2, -0.15) is 0 Å². The number of hydrogen-bond acceptors (Lipinski definition) is 3. The molecule has 5 nitrogen and oxygen atoms in total. The summed E-state index contributed by atoms with van der Waals surface area (Å²) in [6.45, 7) is 0.0852. The van der Waals surface area contributed by atoms with Gasteiger partial charge in [-0.25, -0.2) is 0 Å². The summed E-state index contributed by atoms with van der Waals surface area (Å²) >= 11 is 13.7. The Bertz CT molecular complexity index is 524. The van der Waals surface area contributed by atoms with Gasteiger partial charge < -0.3 is 15.2 Å². The van der Waals surface area contributed by atoms with E-state index in [9.17, 15) is 9.59 Å². The number of halogens is 3. The number of rotatable bonds is 6. The standard InChI is InChI=1S/C12H12Cl2INO4/c1-20-7(4-10(17)18)5-16-12(19)8-2-6(13)3-9(14)11(8)15/h2-3,7H,4-5H2,1H3,(H,16,19)(H,17,18). The van der Waals surface area contributed by atoms with E-state index < -0.39 is 12.1 Å². The molecule has 0 aromatic heterocycles. The molecule has 0 spiro atoms. The molecule has 0 bridgehead atoms. The van der Waals surface area contributed by atoms with Gasteiger partial charge in [-0.3, -0.25) is 9.59 Å². The minimum absolute atomic E-state index is 0.0852. The van der Waals surface area contributed by atoms with Crippen LogP contribution in [-0.4, -0.2) is 36.7 Å². The van der Waals surface area contributed by atoms with Crippen molar-refractivity contribution in [3.8, 4) is 0 Å². The average molecular weight is 432 g/mol. The Kier molecular flexibility index (Phi) is 7.01. The van der Waals surface area contributed by atoms with Gasteiger partial charge in [0.1, 0.15) is 0 Å². The van der Waals surface area contributed by atoms with Crippen LogP contribution in [0.2, 0.25) is 10.0 Å². The molecule has 1 aromatic rings. The zero-order chi connectivity index (χ0) is 15.3. The molecule has 0 aliphatic carbocycles. The van der Waals surface area contributed by atoms with Gasteiger partial charge in [-0.05, 0) is 34.7 Å². The van der Waals surface area contributed by atoms with Gasteiger partial charge in [-0.1, -0.05) is 23.2 Å². The van der Waals surface area contributed by atoms with Crippen LogP contribution in [0.3, 0.4) is 0 Å². The Balaban J connectivity index is 2.74. The maximum Gasteiger partial charge on any atom is 0.306 e. The topological polar surface area (TPSA) is 75.6 Å². The van der Waals surface area contributed by atoms with Gasteiger partial charge >= 0.3 is 5.97 Å². The van der Waals surface area contributed by atoms with Crippen LogP contribution in [0.1, 0.15) is 16.8 Å². The number of aliphatic carboxylic acids is 1. The monoisotopic (exact) mass is 431 g/mol. The number of carboxylic acids is 1. The first-order chi connectivity index (χ1) is 9.35. The first-order valence-corrected chi connectivity index (χ1v) is 7.36. The Labute approximate surface area is 139 Å². The quantitative estimate of drug-likeness (QED) is 0.536. The minimum atomic E-state index is -0.994. The number of amides is 1. The van der Waals surface area contributed by atoms with Crippen LogP contribution in [-0.2, 0) is 9.53 Å². The van der Waals surface area contributed by atoms with Crippen molar-refractivity contribution in [2.45, 2.75) is 12.5 Å². The second-order valence-corrected chi connectivity index (χ2v) is 5.84. The van der Waals surface area contributed by atoms with Crippen LogP contribution in [0.4, 0.5) is 0 Å². The van der Waals surface area contributed by atoms with Gasteiger partial charge in [0, 0.05) is 22.2 Å². The van der Waals surface area contributed by atoms with Gasteiger partial charge in [0.25, 0.3) is 5.91 Å². The van der Waals surface area contributed by atoms with Crippen LogP contribution in [0.25, 0.3) is 0 Å². The van der Waals surface area contributed by atoms with Gasteiger partial charge in [-0.15, -0.1) is 0 Å². The molecule has 110 valence electrons. The van der Waals surface area contributed by atoms with Crippen molar-refractivity contribution >= 4 is 57.7 Å². The van der Waals surface area contributed by atoms with Crippen molar-refractivity contribution in [2.24, 2.45) is 0 Å². The van der Waals surface area contributed by atoms with E-state index in [0.29, 0.717) is 19.2 Å². The predicted molar refractivity (Wildman–Crippen MR) is 84.6 cm³/mol. The highest BCUT2D eigenvalue weighted by atomic mass is 127. The van der Waals surface area contributed by atoms with Crippen LogP contribution in [0.15, 0.2) is 12.1 Å². The smallest absolute Gasteiger partial charge is 0.306 e. The van der Waals surface area contributed by atoms with E-state index in [0.717, 1.165) is 0 Å². The molecule has 20 heavy (non-hydrogen) atoms. The molecule has 0 heterocycles. The number of carbonyl (C=O) groups excluding carboxylic acids is 1. The van der Waals surface area contributed by atoms with E-state index in [1.165, 1.54) is 13.2 Å². The Hall–Kier alpha value is -0.570. The van der Waals surface area contributed by atoms with E-state index in [4.69, 9.17) is 33.0 Å². The molecule has 1 amide bonds. The number of nitrogens with one attached hydrogen (secondary N) is 1. The van der Waals surface area contributed by atoms with Gasteiger partial charge in [0.05, 0.1) is 23.1 Å². The van der Waals surface area contributed by atoms with E-state index in [1.54, 1.807) is 6.07 Å². The molecule has 0 radical (unpaired) electrons. The number of benzene rings is 1. The fourth-order valence-corrected chi connectivity index (χ4v) is 2.51. The fraction of sp³-hybridized carbons (Fsp3) is 0.333. The third-order valence-corrected chi connectivity index (χ3v) is 4.46. The van der Waals surface area contributed by atoms with E-state index in [-0.39, 0.29) is 18.9 Å². The summed E-state index contributed by atoms with van der Waals surface area (Å²) in [6.07, 6.45) is -0.784. The summed E-state index contributed by atoms with van der Waals surface area (Å²) < 4.78 is 5.56. The Morgan fingerprint density at radius 2 is 2.10 bits per heavy atom. The predicted octanol–water partition coefficient (Wildman–Crippen LogP) is 2.82. The molecule has 1 rings (SSSR count). The normalized spacial score (nSPS) is 12.0. The molecule has 2 N–H and O–H groups in total. The molecule has 0 saturated heterocycles. The second-order valence-electron chi connectivity index (χ2n) is 3.91. The lowest BCUT2D eigenvalue weighted by Crippen LogP contribution is -2.34. The van der Waals surface area contributed by atoms with E-state index in [2.05, 4.69) is 5.32 Å². The van der Waals surface area contributed by atoms with Gasteiger partial charge in [0.15, 0.2) is 0 Å². The van der Waals surface area contributed by atoms with Crippen molar-refractivity contribution in [3.63, 3.8) is 0 Å². The SMILES string of the molecule is COC(CNC(=O)c1cc(Cl)cc(Cl)c1I)CC(=O)O. The van der Waals surface area contributed by atoms with Crippen molar-refractivity contribution in [1.29, 1.82) is 0 Å². The van der Waals surface area contributed by atoms with Crippen LogP contribution in [0.5, 0.6) is 0 Å². The van der Waals surface area contributed by atoms with Crippen molar-refractivity contribution in [2.75, 3.05) is 13.7 Å². The molecular formula is C12H12Cl2INO4. The van der Waals surface area contributed by atoms with Crippen molar-refractivity contribution in [3.05, 3.63) is 31.3 Å². The molecule has 1 atom stereocenters. The summed E-state index contributed by atoms with van der Waals surface area (Å²) in [5, 5.41) is 12.0. The third-order valence-electron chi connectivity index (χ3n) is 2.46. The number of carbonyl (C=O) groups is 2. The molecule has 1 unspecified atom stereocenters. The zero-order valence-corrected chi connectivity index (χ0v) is 14.1. The third kappa shape index (κ3) is 5.08. The number of methoxy groups -OCH3 is 1. The lowest BCUT2D eigenvalue weighted by Gasteiger charge is -2.14. The second kappa shape index (κ2) is 8.02. The van der Waals surface area contributed by atoms with Gasteiger partial charge in [0.2, 0.25) is 0 Å². The maximum absolute atomic E-state index is 12.0. The lowest BCUT2D eigenvalue weighted by molar-refractivity contribution is -0.139. The molecule has 0 saturated carbocycles. The largest absolute Gasteiger partial charge is 0.481 e. The summed E-state index contributed by atoms with van der Waals surface area (Å²) in [4.78, 5) is 22.6. The highest BCUT2D eigenvalue weighted by molar-refractivity contribution is 14.1. The summed E-state index contributed by atoms with van der Waals surface area (Å²) in [7, 11) is 1.39. The highest BCUT2D eigenvalue weighted by Gasteiger charge is 2.17. The van der Waals surface area contributed by atoms with E-state index in [1.807, 2.05) is 22.6 Å². The van der Waals surface area contributed by atoms with E-state index >= 15 is 0 Å². The molecular weight excluding hydrogens is 420 g/mol. The zero-order valence-electron chi connectivity index (χ0n) is 10.5. The highest BCUT2D eigenvalue weighted by Crippen LogP contribution is 2.26. The van der Waals surface area contributed by atoms with Crippen LogP contribution < -0.4 is 5.32 Å². The first kappa shape index (κ1) is 17.5. The number of hydrogen-bond donors (Lipinski definition) is 2. The average Bonchev–Trinajstić information content (AvgIpc) is 2.37. The fourth-order valence-electron chi connectivity index (χ4n) is 1.46. The Morgan fingerprint density at radius 3 is 2.65 bits per heavy atom. The number of carboxylic acid groups (broad SMARTS) is 1. The van der Waals surface area contributed by atoms with Crippen molar-refractivity contribution < 1.29 is 19.4 Å². The molecule has 1 aromatic carbocycles. The van der Waals surface area contributed by atoms with Crippen molar-refractivity contribution in [1.82, 2.24) is 5.32 Å². The minimum Gasteiger partial charge on any atom is -0.481 e. The molecule has 0 aliphatic rings. The first-order valence-electron chi connectivity index (χ1n) is 5.52. The van der Waals surface area contributed by atoms with Crippen LogP contribution >= 0.6 is 45.8 Å².